The molecule has 3 heteroatoms. The average molecular weight is 193 g/mol. The van der Waals surface area contributed by atoms with Gasteiger partial charge in [-0.1, -0.05) is 6.92 Å². The Kier molecular flexibility index (Phi) is 2.32. The van der Waals surface area contributed by atoms with E-state index < -0.39 is 5.97 Å². The first-order valence-electron chi connectivity index (χ1n) is 5.14. The van der Waals surface area contributed by atoms with Crippen LogP contribution in [0.5, 0.6) is 0 Å². The normalized spacial score (nSPS) is 15.8. The number of hydrogen-bond donors (Lipinski definition) is 2. The summed E-state index contributed by atoms with van der Waals surface area (Å²) >= 11 is 0. The summed E-state index contributed by atoms with van der Waals surface area (Å²) in [5, 5.41) is 8.94. The fourth-order valence-electron chi connectivity index (χ4n) is 1.77. The highest BCUT2D eigenvalue weighted by Crippen LogP contribution is 2.32. The summed E-state index contributed by atoms with van der Waals surface area (Å²) in [5.74, 6) is -0.0276. The SMILES string of the molecule is CCc1[nH]c(CC2CC2)cc1C(=O)O. The maximum absolute atomic E-state index is 10.9. The van der Waals surface area contributed by atoms with E-state index in [0.717, 1.165) is 30.1 Å². The van der Waals surface area contributed by atoms with Crippen molar-refractivity contribution < 1.29 is 9.90 Å². The van der Waals surface area contributed by atoms with E-state index in [-0.39, 0.29) is 0 Å². The minimum Gasteiger partial charge on any atom is -0.478 e. The number of carboxylic acid groups (broad SMARTS) is 1. The molecule has 1 fully saturated rings. The van der Waals surface area contributed by atoms with Gasteiger partial charge in [0, 0.05) is 11.4 Å². The molecular formula is C11H15NO2. The summed E-state index contributed by atoms with van der Waals surface area (Å²) in [4.78, 5) is 14.1. The van der Waals surface area contributed by atoms with Crippen molar-refractivity contribution in [2.75, 3.05) is 0 Å². The fourth-order valence-corrected chi connectivity index (χ4v) is 1.77. The largest absolute Gasteiger partial charge is 0.478 e. The molecule has 3 nitrogen and oxygen atoms in total. The number of aromatic carboxylic acids is 1. The van der Waals surface area contributed by atoms with Gasteiger partial charge in [-0.2, -0.15) is 0 Å². The van der Waals surface area contributed by atoms with Gasteiger partial charge in [-0.3, -0.25) is 0 Å². The molecule has 1 aliphatic carbocycles. The minimum atomic E-state index is -0.819. The molecule has 14 heavy (non-hydrogen) atoms. The molecule has 0 spiro atoms. The molecule has 76 valence electrons. The number of aromatic nitrogens is 1. The minimum absolute atomic E-state index is 0.447. The van der Waals surface area contributed by atoms with Crippen molar-refractivity contribution in [2.45, 2.75) is 32.6 Å². The molecule has 0 aliphatic heterocycles. The van der Waals surface area contributed by atoms with Crippen LogP contribution in [0.2, 0.25) is 0 Å². The van der Waals surface area contributed by atoms with Crippen LogP contribution < -0.4 is 0 Å². The average Bonchev–Trinajstić information content (AvgIpc) is 2.83. The third kappa shape index (κ3) is 1.81. The Morgan fingerprint density at radius 3 is 2.79 bits per heavy atom. The van der Waals surface area contributed by atoms with Gasteiger partial charge in [0.1, 0.15) is 0 Å². The van der Waals surface area contributed by atoms with Crippen molar-refractivity contribution in [3.05, 3.63) is 23.0 Å². The summed E-state index contributed by atoms with van der Waals surface area (Å²) in [5.41, 5.74) is 2.39. The van der Waals surface area contributed by atoms with Crippen molar-refractivity contribution in [1.29, 1.82) is 0 Å². The van der Waals surface area contributed by atoms with Crippen molar-refractivity contribution in [3.63, 3.8) is 0 Å². The molecule has 2 N–H and O–H groups in total. The first kappa shape index (κ1) is 9.31. The number of aromatic amines is 1. The first-order valence-corrected chi connectivity index (χ1v) is 5.14. The predicted molar refractivity (Wildman–Crippen MR) is 53.6 cm³/mol. The van der Waals surface area contributed by atoms with Gasteiger partial charge in [-0.05, 0) is 37.7 Å². The third-order valence-electron chi connectivity index (χ3n) is 2.74. The van der Waals surface area contributed by atoms with E-state index in [1.54, 1.807) is 6.07 Å². The van der Waals surface area contributed by atoms with E-state index in [2.05, 4.69) is 4.98 Å². The van der Waals surface area contributed by atoms with Crippen LogP contribution in [-0.4, -0.2) is 16.1 Å². The van der Waals surface area contributed by atoms with Crippen LogP contribution in [0.1, 0.15) is 41.5 Å². The van der Waals surface area contributed by atoms with Crippen LogP contribution in [0.15, 0.2) is 6.07 Å². The van der Waals surface area contributed by atoms with E-state index in [1.807, 2.05) is 6.92 Å². The standard InChI is InChI=1S/C11H15NO2/c1-2-10-9(11(13)14)6-8(12-10)5-7-3-4-7/h6-7,12H,2-5H2,1H3,(H,13,14). The second-order valence-corrected chi connectivity index (χ2v) is 3.99. The van der Waals surface area contributed by atoms with E-state index in [9.17, 15) is 4.79 Å². The Labute approximate surface area is 83.1 Å². The zero-order chi connectivity index (χ0) is 10.1. The number of hydrogen-bond acceptors (Lipinski definition) is 1. The summed E-state index contributed by atoms with van der Waals surface area (Å²) in [6.45, 7) is 1.97. The van der Waals surface area contributed by atoms with E-state index in [4.69, 9.17) is 5.11 Å². The van der Waals surface area contributed by atoms with Gasteiger partial charge in [-0.25, -0.2) is 4.79 Å². The smallest absolute Gasteiger partial charge is 0.337 e. The molecule has 1 aromatic rings. The van der Waals surface area contributed by atoms with Gasteiger partial charge in [0.2, 0.25) is 0 Å². The quantitative estimate of drug-likeness (QED) is 0.770. The van der Waals surface area contributed by atoms with Crippen LogP contribution in [-0.2, 0) is 12.8 Å². The number of nitrogens with one attached hydrogen (secondary N) is 1. The van der Waals surface area contributed by atoms with Crippen molar-refractivity contribution in [2.24, 2.45) is 5.92 Å². The van der Waals surface area contributed by atoms with Crippen molar-refractivity contribution >= 4 is 5.97 Å². The Morgan fingerprint density at radius 2 is 2.36 bits per heavy atom. The summed E-state index contributed by atoms with van der Waals surface area (Å²) in [6.07, 6.45) is 4.36. The van der Waals surface area contributed by atoms with Gasteiger partial charge in [0.15, 0.2) is 0 Å². The lowest BCUT2D eigenvalue weighted by atomic mass is 10.2. The van der Waals surface area contributed by atoms with E-state index >= 15 is 0 Å². The molecule has 1 saturated carbocycles. The lowest BCUT2D eigenvalue weighted by Crippen LogP contribution is -1.98. The monoisotopic (exact) mass is 193 g/mol. The number of rotatable bonds is 4. The molecule has 1 heterocycles. The number of H-pyrrole nitrogens is 1. The molecule has 0 atom stereocenters. The van der Waals surface area contributed by atoms with Crippen molar-refractivity contribution in [3.8, 4) is 0 Å². The van der Waals surface area contributed by atoms with E-state index in [1.165, 1.54) is 12.8 Å². The molecule has 0 aromatic carbocycles. The Bertz CT molecular complexity index is 350. The summed E-state index contributed by atoms with van der Waals surface area (Å²) < 4.78 is 0. The Hall–Kier alpha value is -1.25. The molecule has 0 saturated heterocycles. The van der Waals surface area contributed by atoms with Crippen LogP contribution >= 0.6 is 0 Å². The zero-order valence-electron chi connectivity index (χ0n) is 8.34. The second-order valence-electron chi connectivity index (χ2n) is 3.99. The highest BCUT2D eigenvalue weighted by atomic mass is 16.4. The molecule has 0 radical (unpaired) electrons. The topological polar surface area (TPSA) is 53.1 Å². The highest BCUT2D eigenvalue weighted by Gasteiger charge is 2.23. The molecule has 1 aromatic heterocycles. The van der Waals surface area contributed by atoms with Crippen LogP contribution in [0.3, 0.4) is 0 Å². The Balaban J connectivity index is 2.20. The predicted octanol–water partition coefficient (Wildman–Crippen LogP) is 2.23. The van der Waals surface area contributed by atoms with Gasteiger partial charge < -0.3 is 10.1 Å². The number of carbonyl (C=O) groups is 1. The second kappa shape index (κ2) is 3.48. The molecule has 2 rings (SSSR count). The van der Waals surface area contributed by atoms with Gasteiger partial charge in [-0.15, -0.1) is 0 Å². The Morgan fingerprint density at radius 1 is 1.64 bits per heavy atom. The van der Waals surface area contributed by atoms with Crippen LogP contribution in [0.25, 0.3) is 0 Å². The first-order chi connectivity index (χ1) is 6.70. The lowest BCUT2D eigenvalue weighted by Gasteiger charge is -1.94. The summed E-state index contributed by atoms with van der Waals surface area (Å²) in [7, 11) is 0. The highest BCUT2D eigenvalue weighted by molar-refractivity contribution is 5.89. The fraction of sp³-hybridized carbons (Fsp3) is 0.545. The molecule has 1 aliphatic rings. The van der Waals surface area contributed by atoms with Crippen LogP contribution in [0.4, 0.5) is 0 Å². The zero-order valence-corrected chi connectivity index (χ0v) is 8.34. The maximum atomic E-state index is 10.9. The summed E-state index contributed by atoms with van der Waals surface area (Å²) in [6, 6.07) is 1.79. The molecule has 0 unspecified atom stereocenters. The third-order valence-corrected chi connectivity index (χ3v) is 2.74. The van der Waals surface area contributed by atoms with E-state index in [0.29, 0.717) is 5.56 Å². The van der Waals surface area contributed by atoms with Crippen molar-refractivity contribution in [1.82, 2.24) is 4.98 Å². The maximum Gasteiger partial charge on any atom is 0.337 e. The number of carboxylic acids is 1. The lowest BCUT2D eigenvalue weighted by molar-refractivity contribution is 0.0696. The van der Waals surface area contributed by atoms with Gasteiger partial charge >= 0.3 is 5.97 Å². The van der Waals surface area contributed by atoms with Gasteiger partial charge in [0.05, 0.1) is 5.56 Å². The molecule has 0 amide bonds. The molecular weight excluding hydrogens is 178 g/mol. The molecule has 0 bridgehead atoms. The number of aryl methyl sites for hydroxylation is 1. The van der Waals surface area contributed by atoms with Gasteiger partial charge in [0.25, 0.3) is 0 Å². The van der Waals surface area contributed by atoms with Crippen LogP contribution in [0, 0.1) is 5.92 Å².